The summed E-state index contributed by atoms with van der Waals surface area (Å²) in [5.41, 5.74) is 5.11. The summed E-state index contributed by atoms with van der Waals surface area (Å²) < 4.78 is 1.89. The van der Waals surface area contributed by atoms with Crippen molar-refractivity contribution in [2.24, 2.45) is 12.8 Å². The minimum Gasteiger partial charge on any atom is -0.550 e. The van der Waals surface area contributed by atoms with Crippen LogP contribution >= 0.6 is 0 Å². The molecule has 9 heteroatoms. The van der Waals surface area contributed by atoms with E-state index in [-0.39, 0.29) is 26.5 Å². The van der Waals surface area contributed by atoms with Crippen LogP contribution in [0.15, 0.2) is 18.7 Å². The Morgan fingerprint density at radius 2 is 1.45 bits per heavy atom. The Bertz CT molecular complexity index is 282. The third-order valence-electron chi connectivity index (χ3n) is 0.637. The van der Waals surface area contributed by atoms with E-state index in [4.69, 9.17) is 25.5 Å². The van der Waals surface area contributed by atoms with Crippen LogP contribution in [-0.4, -0.2) is 33.0 Å². The zero-order chi connectivity index (χ0) is 15.1. The molecule has 0 amide bonds. The van der Waals surface area contributed by atoms with Crippen molar-refractivity contribution >= 4 is 11.9 Å². The Balaban J connectivity index is -0.0000000496. The van der Waals surface area contributed by atoms with E-state index in [0.717, 1.165) is 13.8 Å². The average Bonchev–Trinajstić information content (AvgIpc) is 2.51. The monoisotopic (exact) mass is 472 g/mol. The van der Waals surface area contributed by atoms with Gasteiger partial charge < -0.3 is 35.6 Å². The van der Waals surface area contributed by atoms with E-state index >= 15 is 0 Å². The number of nitrogens with two attached hydrogens (primary N) is 1. The molecule has 0 fully saturated rings. The van der Waals surface area contributed by atoms with Crippen molar-refractivity contribution in [3.63, 3.8) is 0 Å². The predicted octanol–water partition coefficient (Wildman–Crippen LogP) is -2.54. The molecule has 0 saturated carbocycles. The van der Waals surface area contributed by atoms with Gasteiger partial charge >= 0.3 is 21.1 Å². The molecule has 0 spiro atoms. The number of rotatable bonds is 0. The van der Waals surface area contributed by atoms with Crippen LogP contribution in [0.1, 0.15) is 27.7 Å². The maximum Gasteiger partial charge on any atom is 2.00 e. The molecule has 0 aliphatic carbocycles. The Kier molecular flexibility index (Phi) is 35.8. The smallest absolute Gasteiger partial charge is 0.550 e. The molecule has 0 atom stereocenters. The van der Waals surface area contributed by atoms with Crippen LogP contribution < -0.4 is 15.9 Å². The summed E-state index contributed by atoms with van der Waals surface area (Å²) in [5.74, 6) is -2.17. The van der Waals surface area contributed by atoms with Gasteiger partial charge in [0.15, 0.2) is 0 Å². The molecule has 1 rings (SSSR count). The van der Waals surface area contributed by atoms with Crippen molar-refractivity contribution in [2.45, 2.75) is 33.7 Å². The predicted molar refractivity (Wildman–Crippen MR) is 67.5 cm³/mol. The number of carbonyl (C=O) groups excluding carboxylic acids is 2. The Labute approximate surface area is 133 Å². The van der Waals surface area contributed by atoms with E-state index in [1.807, 2.05) is 31.7 Å². The molecule has 0 bridgehead atoms. The van der Waals surface area contributed by atoms with Crippen LogP contribution in [0.3, 0.4) is 0 Å². The molecule has 0 aromatic carbocycles. The molecule has 0 unspecified atom stereocenters. The van der Waals surface area contributed by atoms with E-state index in [2.05, 4.69) is 4.98 Å². The van der Waals surface area contributed by atoms with Crippen LogP contribution in [0, 0.1) is 0 Å². The minimum atomic E-state index is -1.08. The normalized spacial score (nSPS) is 6.95. The summed E-state index contributed by atoms with van der Waals surface area (Å²) in [6, 6.07) is 0.333. The first-order chi connectivity index (χ1) is 8.09. The zero-order valence-electron chi connectivity index (χ0n) is 12.2. The van der Waals surface area contributed by atoms with Crippen molar-refractivity contribution < 1.29 is 46.3 Å². The Morgan fingerprint density at radius 3 is 1.50 bits per heavy atom. The first-order valence-corrected chi connectivity index (χ1v) is 5.12. The molecular formula is C11H23N3O5Pt. The number of aliphatic carboxylic acids is 2. The van der Waals surface area contributed by atoms with E-state index in [1.165, 1.54) is 0 Å². The van der Waals surface area contributed by atoms with Crippen LogP contribution in [0.25, 0.3) is 0 Å². The third-order valence-corrected chi connectivity index (χ3v) is 0.637. The number of hydrogen-bond acceptors (Lipinski definition) is 6. The first-order valence-electron chi connectivity index (χ1n) is 5.12. The van der Waals surface area contributed by atoms with Gasteiger partial charge in [0.05, 0.1) is 6.33 Å². The number of aromatic nitrogens is 2. The number of imidazole rings is 1. The van der Waals surface area contributed by atoms with Crippen molar-refractivity contribution in [3.8, 4) is 0 Å². The molecule has 4 N–H and O–H groups in total. The molecule has 0 radical (unpaired) electrons. The summed E-state index contributed by atoms with van der Waals surface area (Å²) in [4.78, 5) is 21.6. The molecule has 20 heavy (non-hydrogen) atoms. The van der Waals surface area contributed by atoms with Crippen LogP contribution in [0.2, 0.25) is 0 Å². The van der Waals surface area contributed by atoms with Gasteiger partial charge in [-0.2, -0.15) is 0 Å². The second-order valence-corrected chi connectivity index (χ2v) is 3.46. The van der Waals surface area contributed by atoms with Gasteiger partial charge in [-0.1, -0.05) is 13.8 Å². The number of carbonyl (C=O) groups is 2. The van der Waals surface area contributed by atoms with E-state index in [1.54, 1.807) is 12.5 Å². The van der Waals surface area contributed by atoms with E-state index in [0.29, 0.717) is 6.04 Å². The average molecular weight is 472 g/mol. The van der Waals surface area contributed by atoms with Crippen molar-refractivity contribution in [3.05, 3.63) is 18.7 Å². The van der Waals surface area contributed by atoms with Crippen LogP contribution in [-0.2, 0) is 37.7 Å². The van der Waals surface area contributed by atoms with Crippen molar-refractivity contribution in [2.75, 3.05) is 0 Å². The molecule has 0 aliphatic rings. The van der Waals surface area contributed by atoms with Gasteiger partial charge in [0.1, 0.15) is 0 Å². The summed E-state index contributed by atoms with van der Waals surface area (Å²) in [6.45, 7) is 5.83. The molecule has 0 saturated heterocycles. The van der Waals surface area contributed by atoms with Gasteiger partial charge in [0.25, 0.3) is 0 Å². The number of aryl methyl sites for hydroxylation is 1. The summed E-state index contributed by atoms with van der Waals surface area (Å²) in [7, 11) is 1.94. The molecule has 1 aromatic heterocycles. The minimum absolute atomic E-state index is 0. The molecule has 1 heterocycles. The Hall–Kier alpha value is -1.24. The van der Waals surface area contributed by atoms with Gasteiger partial charge in [-0.15, -0.1) is 0 Å². The fraction of sp³-hybridized carbons (Fsp3) is 0.545. The zero-order valence-corrected chi connectivity index (χ0v) is 14.5. The second kappa shape index (κ2) is 22.9. The van der Waals surface area contributed by atoms with Gasteiger partial charge in [-0.25, -0.2) is 4.98 Å². The third kappa shape index (κ3) is 126. The van der Waals surface area contributed by atoms with Crippen LogP contribution in [0.5, 0.6) is 0 Å². The molecule has 1 aromatic rings. The largest absolute Gasteiger partial charge is 2.00 e. The number of hydrogen-bond donors (Lipinski definition) is 1. The quantitative estimate of drug-likeness (QED) is 0.439. The topological polar surface area (TPSA) is 156 Å². The Morgan fingerprint density at radius 1 is 1.20 bits per heavy atom. The van der Waals surface area contributed by atoms with Crippen molar-refractivity contribution in [1.29, 1.82) is 0 Å². The first kappa shape index (κ1) is 31.3. The molecule has 122 valence electrons. The molecule has 0 aliphatic heterocycles. The fourth-order valence-corrected chi connectivity index (χ4v) is 0.326. The van der Waals surface area contributed by atoms with E-state index < -0.39 is 11.9 Å². The summed E-state index contributed by atoms with van der Waals surface area (Å²) in [6.07, 6.45) is 5.39. The molecule has 8 nitrogen and oxygen atoms in total. The van der Waals surface area contributed by atoms with Gasteiger partial charge in [-0.05, 0) is 19.9 Å². The number of carboxylic acid groups (broad SMARTS) is 2. The van der Waals surface area contributed by atoms with Gasteiger partial charge in [0, 0.05) is 31.4 Å². The summed E-state index contributed by atoms with van der Waals surface area (Å²) >= 11 is 0. The fourth-order valence-electron chi connectivity index (χ4n) is 0.326. The second-order valence-electron chi connectivity index (χ2n) is 3.46. The van der Waals surface area contributed by atoms with Gasteiger partial charge in [0.2, 0.25) is 0 Å². The molecular weight excluding hydrogens is 449 g/mol. The number of nitrogens with zero attached hydrogens (tertiary/aromatic N) is 2. The summed E-state index contributed by atoms with van der Waals surface area (Å²) in [5, 5.41) is 17.8. The van der Waals surface area contributed by atoms with E-state index in [9.17, 15) is 0 Å². The van der Waals surface area contributed by atoms with Gasteiger partial charge in [-0.3, -0.25) is 0 Å². The van der Waals surface area contributed by atoms with Crippen molar-refractivity contribution in [1.82, 2.24) is 9.55 Å². The maximum atomic E-state index is 8.89. The number of carboxylic acids is 2. The standard InChI is InChI=1S/C4H6N2.C3H9N.2C2H4O2.H2O.Pt/c1-6-3-2-5-4-6;1-3(2)4;2*1-2(3)4;;/h2-4H,1H3;3H,4H2,1-2H3;2*1H3,(H,3,4);1H2;/q;;;;;+2/p-2. The maximum absolute atomic E-state index is 8.89. The van der Waals surface area contributed by atoms with Crippen LogP contribution in [0.4, 0.5) is 0 Å². The SMILES string of the molecule is CC(=O)[O-].CC(=O)[O-].CC(C)N.Cn1ccnc1.O.[Pt+2].